The second-order valence-electron chi connectivity index (χ2n) is 6.27. The van der Waals surface area contributed by atoms with Crippen LogP contribution in [-0.4, -0.2) is 45.9 Å². The molecular weight excluding hydrogens is 322 g/mol. The molecule has 126 valence electrons. The molecule has 2 aliphatic rings. The molecule has 0 amide bonds. The molecule has 6 nitrogen and oxygen atoms in total. The zero-order valence-electron chi connectivity index (χ0n) is 14.0. The van der Waals surface area contributed by atoms with Crippen molar-refractivity contribution in [3.63, 3.8) is 0 Å². The first kappa shape index (κ1) is 15.8. The van der Waals surface area contributed by atoms with Crippen LogP contribution in [0, 0.1) is 6.92 Å². The summed E-state index contributed by atoms with van der Waals surface area (Å²) < 4.78 is 6.26. The van der Waals surface area contributed by atoms with E-state index in [0.29, 0.717) is 0 Å². The fourth-order valence-electron chi connectivity index (χ4n) is 3.54. The topological polar surface area (TPSA) is 64.0 Å². The van der Waals surface area contributed by atoms with Crippen molar-refractivity contribution in [2.24, 2.45) is 0 Å². The Balaban J connectivity index is 1.57. The molecular formula is C17H21N5OS. The van der Waals surface area contributed by atoms with Gasteiger partial charge in [-0.2, -0.15) is 0 Å². The Kier molecular flexibility index (Phi) is 4.14. The minimum Gasteiger partial charge on any atom is -0.368 e. The molecule has 0 aromatic carbocycles. The number of fused-ring (bicyclic) bond motifs is 2. The molecule has 0 bridgehead atoms. The molecule has 7 heteroatoms. The highest BCUT2D eigenvalue weighted by atomic mass is 32.2. The fourth-order valence-corrected chi connectivity index (χ4v) is 3.91. The van der Waals surface area contributed by atoms with Crippen LogP contribution in [0.3, 0.4) is 0 Å². The molecule has 4 rings (SSSR count). The van der Waals surface area contributed by atoms with E-state index in [1.54, 1.807) is 11.8 Å². The largest absolute Gasteiger partial charge is 0.368 e. The van der Waals surface area contributed by atoms with E-state index in [0.717, 1.165) is 61.5 Å². The summed E-state index contributed by atoms with van der Waals surface area (Å²) in [4.78, 5) is 20.4. The summed E-state index contributed by atoms with van der Waals surface area (Å²) in [6.45, 7) is 4.44. The lowest BCUT2D eigenvalue weighted by molar-refractivity contribution is -0.0804. The summed E-state index contributed by atoms with van der Waals surface area (Å²) in [6.07, 6.45) is 8.56. The zero-order valence-corrected chi connectivity index (χ0v) is 14.8. The number of ether oxygens (including phenoxy) is 1. The van der Waals surface area contributed by atoms with Crippen LogP contribution in [0.4, 0.5) is 5.95 Å². The standard InChI is InChI=1S/C17H21N5OS/c1-12-19-11-13-4-10-23-17(15(13)20-12)5-8-22(9-6-17)16-18-7-3-14(21-16)24-2/h3,7,11H,4-6,8-10H2,1-2H3. The van der Waals surface area contributed by atoms with Gasteiger partial charge in [-0.1, -0.05) is 0 Å². The minimum absolute atomic E-state index is 0.269. The van der Waals surface area contributed by atoms with Gasteiger partial charge >= 0.3 is 0 Å². The van der Waals surface area contributed by atoms with Crippen LogP contribution in [0.25, 0.3) is 0 Å². The quantitative estimate of drug-likeness (QED) is 0.612. The van der Waals surface area contributed by atoms with E-state index in [1.807, 2.05) is 31.6 Å². The second-order valence-corrected chi connectivity index (χ2v) is 7.10. The van der Waals surface area contributed by atoms with Crippen molar-refractivity contribution in [1.82, 2.24) is 19.9 Å². The third-order valence-electron chi connectivity index (χ3n) is 4.85. The summed E-state index contributed by atoms with van der Waals surface area (Å²) in [6, 6.07) is 1.94. The smallest absolute Gasteiger partial charge is 0.226 e. The number of aromatic nitrogens is 4. The van der Waals surface area contributed by atoms with Gasteiger partial charge in [-0.25, -0.2) is 19.9 Å². The molecule has 1 fully saturated rings. The van der Waals surface area contributed by atoms with Crippen molar-refractivity contribution >= 4 is 17.7 Å². The van der Waals surface area contributed by atoms with Crippen LogP contribution < -0.4 is 4.90 Å². The summed E-state index contributed by atoms with van der Waals surface area (Å²) in [5.74, 6) is 1.63. The van der Waals surface area contributed by atoms with Crippen molar-refractivity contribution < 1.29 is 4.74 Å². The van der Waals surface area contributed by atoms with Gasteiger partial charge in [0.2, 0.25) is 5.95 Å². The van der Waals surface area contributed by atoms with Gasteiger partial charge in [0.15, 0.2) is 0 Å². The van der Waals surface area contributed by atoms with Gasteiger partial charge < -0.3 is 9.64 Å². The van der Waals surface area contributed by atoms with Gasteiger partial charge in [0.25, 0.3) is 0 Å². The monoisotopic (exact) mass is 343 g/mol. The lowest BCUT2D eigenvalue weighted by Gasteiger charge is -2.44. The predicted octanol–water partition coefficient (Wildman–Crippen LogP) is 2.37. The van der Waals surface area contributed by atoms with Crippen LogP contribution in [0.1, 0.15) is 29.9 Å². The molecule has 4 heterocycles. The Hall–Kier alpha value is -1.73. The van der Waals surface area contributed by atoms with E-state index in [-0.39, 0.29) is 5.60 Å². The van der Waals surface area contributed by atoms with Crippen LogP contribution >= 0.6 is 11.8 Å². The van der Waals surface area contributed by atoms with Crippen molar-refractivity contribution in [1.29, 1.82) is 0 Å². The molecule has 0 radical (unpaired) electrons. The maximum absolute atomic E-state index is 6.26. The Bertz CT molecular complexity index is 746. The number of nitrogens with zero attached hydrogens (tertiary/aromatic N) is 5. The second kappa shape index (κ2) is 6.29. The summed E-state index contributed by atoms with van der Waals surface area (Å²) >= 11 is 1.64. The Morgan fingerprint density at radius 3 is 2.83 bits per heavy atom. The Labute approximate surface area is 146 Å². The number of piperidine rings is 1. The molecule has 0 saturated carbocycles. The van der Waals surface area contributed by atoms with Crippen molar-refractivity contribution in [3.8, 4) is 0 Å². The summed E-state index contributed by atoms with van der Waals surface area (Å²) in [5.41, 5.74) is 2.06. The molecule has 0 unspecified atom stereocenters. The van der Waals surface area contributed by atoms with Gasteiger partial charge in [0, 0.05) is 25.5 Å². The van der Waals surface area contributed by atoms with Crippen molar-refractivity contribution in [2.45, 2.75) is 36.8 Å². The number of thioether (sulfide) groups is 1. The SMILES string of the molecule is CSc1ccnc(N2CCC3(CC2)OCCc2cnc(C)nc23)n1. The predicted molar refractivity (Wildman–Crippen MR) is 93.4 cm³/mol. The molecule has 2 aromatic heterocycles. The number of hydrogen-bond donors (Lipinski definition) is 0. The van der Waals surface area contributed by atoms with Crippen molar-refractivity contribution in [2.75, 3.05) is 30.9 Å². The normalized spacial score (nSPS) is 19.3. The van der Waals surface area contributed by atoms with Crippen LogP contribution in [0.15, 0.2) is 23.5 Å². The summed E-state index contributed by atoms with van der Waals surface area (Å²) in [7, 11) is 0. The average molecular weight is 343 g/mol. The molecule has 1 spiro atoms. The maximum atomic E-state index is 6.26. The number of rotatable bonds is 2. The molecule has 2 aliphatic heterocycles. The van der Waals surface area contributed by atoms with Crippen molar-refractivity contribution in [3.05, 3.63) is 35.5 Å². The Morgan fingerprint density at radius 2 is 2.04 bits per heavy atom. The van der Waals surface area contributed by atoms with Gasteiger partial charge in [-0.05, 0) is 44.1 Å². The lowest BCUT2D eigenvalue weighted by atomic mass is 9.83. The van der Waals surface area contributed by atoms with Gasteiger partial charge in [-0.3, -0.25) is 0 Å². The molecule has 0 N–H and O–H groups in total. The zero-order chi connectivity index (χ0) is 16.6. The molecule has 1 saturated heterocycles. The third kappa shape index (κ3) is 2.75. The van der Waals surface area contributed by atoms with Crippen LogP contribution in [-0.2, 0) is 16.8 Å². The number of hydrogen-bond acceptors (Lipinski definition) is 7. The Morgan fingerprint density at radius 1 is 1.21 bits per heavy atom. The van der Waals surface area contributed by atoms with Gasteiger partial charge in [0.05, 0.1) is 12.3 Å². The van der Waals surface area contributed by atoms with Crippen LogP contribution in [0.2, 0.25) is 0 Å². The van der Waals surface area contributed by atoms with Crippen LogP contribution in [0.5, 0.6) is 0 Å². The van der Waals surface area contributed by atoms with E-state index in [4.69, 9.17) is 9.72 Å². The highest BCUT2D eigenvalue weighted by Gasteiger charge is 2.42. The number of anilines is 1. The highest BCUT2D eigenvalue weighted by Crippen LogP contribution is 2.40. The van der Waals surface area contributed by atoms with E-state index < -0.39 is 0 Å². The summed E-state index contributed by atoms with van der Waals surface area (Å²) in [5, 5.41) is 1.00. The van der Waals surface area contributed by atoms with E-state index >= 15 is 0 Å². The fraction of sp³-hybridized carbons (Fsp3) is 0.529. The average Bonchev–Trinajstić information content (AvgIpc) is 2.63. The van der Waals surface area contributed by atoms with E-state index in [9.17, 15) is 0 Å². The molecule has 24 heavy (non-hydrogen) atoms. The minimum atomic E-state index is -0.269. The first-order valence-electron chi connectivity index (χ1n) is 8.29. The first-order valence-corrected chi connectivity index (χ1v) is 9.52. The maximum Gasteiger partial charge on any atom is 0.226 e. The van der Waals surface area contributed by atoms with E-state index in [2.05, 4.69) is 19.9 Å². The first-order chi connectivity index (χ1) is 11.7. The van der Waals surface area contributed by atoms with E-state index in [1.165, 1.54) is 5.56 Å². The molecule has 2 aromatic rings. The third-order valence-corrected chi connectivity index (χ3v) is 5.49. The molecule has 0 atom stereocenters. The van der Waals surface area contributed by atoms with Gasteiger partial charge in [-0.15, -0.1) is 11.8 Å². The highest BCUT2D eigenvalue weighted by molar-refractivity contribution is 7.98. The lowest BCUT2D eigenvalue weighted by Crippen LogP contribution is -2.47. The number of aryl methyl sites for hydroxylation is 1. The van der Waals surface area contributed by atoms with Gasteiger partial charge in [0.1, 0.15) is 16.5 Å². The molecule has 0 aliphatic carbocycles.